The number of hydrogen-bond acceptors (Lipinski definition) is 7. The topological polar surface area (TPSA) is 76.1 Å². The van der Waals surface area contributed by atoms with Crippen molar-refractivity contribution in [3.8, 4) is 0 Å². The van der Waals surface area contributed by atoms with Crippen LogP contribution in [0.4, 0.5) is 11.8 Å². The number of aromatic nitrogens is 4. The van der Waals surface area contributed by atoms with Crippen molar-refractivity contribution >= 4 is 11.8 Å². The van der Waals surface area contributed by atoms with E-state index in [1.54, 1.807) is 6.20 Å². The first-order valence-electron chi connectivity index (χ1n) is 9.90. The fourth-order valence-corrected chi connectivity index (χ4v) is 4.16. The van der Waals surface area contributed by atoms with E-state index in [0.717, 1.165) is 56.1 Å². The summed E-state index contributed by atoms with van der Waals surface area (Å²) in [5.41, 5.74) is 2.93. The second-order valence-corrected chi connectivity index (χ2v) is 7.61. The lowest BCUT2D eigenvalue weighted by molar-refractivity contribution is 0.0237. The van der Waals surface area contributed by atoms with Crippen molar-refractivity contribution in [2.24, 2.45) is 0 Å². The molecular weight excluding hydrogens is 340 g/mol. The molecule has 27 heavy (non-hydrogen) atoms. The standard InChI is InChI=1S/C20H28N6O/c1-14-10-15(2)23-20(22-14)25-19-12-21-11-18(24-19)16-4-3-7-26(13-16)17-5-8-27-9-6-17/h10-12,16-17H,3-9,13H2,1-2H3,(H,22,23,24,25). The van der Waals surface area contributed by atoms with Gasteiger partial charge in [0.15, 0.2) is 5.82 Å². The van der Waals surface area contributed by atoms with Crippen LogP contribution >= 0.6 is 0 Å². The molecule has 144 valence electrons. The first-order valence-corrected chi connectivity index (χ1v) is 9.90. The number of nitrogens with one attached hydrogen (secondary N) is 1. The molecule has 0 spiro atoms. The highest BCUT2D eigenvalue weighted by atomic mass is 16.5. The lowest BCUT2D eigenvalue weighted by Crippen LogP contribution is -2.44. The molecule has 1 atom stereocenters. The van der Waals surface area contributed by atoms with Gasteiger partial charge in [-0.15, -0.1) is 0 Å². The van der Waals surface area contributed by atoms with Crippen molar-refractivity contribution in [2.45, 2.75) is 51.5 Å². The van der Waals surface area contributed by atoms with Gasteiger partial charge in [-0.3, -0.25) is 9.88 Å². The number of rotatable bonds is 4. The van der Waals surface area contributed by atoms with Crippen LogP contribution in [0, 0.1) is 13.8 Å². The first-order chi connectivity index (χ1) is 13.2. The molecule has 2 aliphatic rings. The van der Waals surface area contributed by atoms with Gasteiger partial charge in [-0.05, 0) is 52.1 Å². The van der Waals surface area contributed by atoms with Gasteiger partial charge in [-0.1, -0.05) is 0 Å². The highest BCUT2D eigenvalue weighted by Gasteiger charge is 2.28. The summed E-state index contributed by atoms with van der Waals surface area (Å²) in [7, 11) is 0. The molecule has 0 radical (unpaired) electrons. The number of likely N-dealkylation sites (tertiary alicyclic amines) is 1. The van der Waals surface area contributed by atoms with Crippen molar-refractivity contribution < 1.29 is 4.74 Å². The second kappa shape index (κ2) is 8.27. The molecule has 0 saturated carbocycles. The number of hydrogen-bond donors (Lipinski definition) is 1. The first kappa shape index (κ1) is 18.3. The van der Waals surface area contributed by atoms with E-state index in [-0.39, 0.29) is 0 Å². The van der Waals surface area contributed by atoms with E-state index in [2.05, 4.69) is 25.2 Å². The molecule has 0 aromatic carbocycles. The molecule has 1 unspecified atom stereocenters. The van der Waals surface area contributed by atoms with Crippen molar-refractivity contribution in [2.75, 3.05) is 31.6 Å². The van der Waals surface area contributed by atoms with Gasteiger partial charge in [0.25, 0.3) is 0 Å². The minimum absolute atomic E-state index is 0.427. The molecule has 7 heteroatoms. The maximum atomic E-state index is 5.52. The maximum Gasteiger partial charge on any atom is 0.228 e. The Morgan fingerprint density at radius 1 is 1.04 bits per heavy atom. The number of aryl methyl sites for hydroxylation is 2. The molecule has 0 amide bonds. The van der Waals surface area contributed by atoms with Crippen molar-refractivity contribution in [3.63, 3.8) is 0 Å². The van der Waals surface area contributed by atoms with E-state index in [1.807, 2.05) is 26.1 Å². The predicted octanol–water partition coefficient (Wildman–Crippen LogP) is 2.99. The van der Waals surface area contributed by atoms with Gasteiger partial charge in [0.05, 0.1) is 11.9 Å². The number of anilines is 2. The van der Waals surface area contributed by atoms with Crippen LogP contribution in [0.2, 0.25) is 0 Å². The molecule has 0 aliphatic carbocycles. The van der Waals surface area contributed by atoms with Crippen LogP contribution < -0.4 is 5.32 Å². The Balaban J connectivity index is 1.46. The zero-order chi connectivity index (χ0) is 18.6. The SMILES string of the molecule is Cc1cc(C)nc(Nc2cncc(C3CCCN(C4CCOCC4)C3)n2)n1. The summed E-state index contributed by atoms with van der Waals surface area (Å²) in [5, 5.41) is 3.21. The maximum absolute atomic E-state index is 5.52. The Hall–Kier alpha value is -2.12. The van der Waals surface area contributed by atoms with E-state index in [4.69, 9.17) is 9.72 Å². The molecule has 4 heterocycles. The van der Waals surface area contributed by atoms with Crippen molar-refractivity contribution in [1.82, 2.24) is 24.8 Å². The van der Waals surface area contributed by atoms with Gasteiger partial charge in [-0.25, -0.2) is 15.0 Å². The zero-order valence-corrected chi connectivity index (χ0v) is 16.2. The monoisotopic (exact) mass is 368 g/mol. The number of ether oxygens (including phenoxy) is 1. The van der Waals surface area contributed by atoms with E-state index in [0.29, 0.717) is 23.7 Å². The molecule has 2 aromatic rings. The van der Waals surface area contributed by atoms with Gasteiger partial charge < -0.3 is 10.1 Å². The molecule has 1 N–H and O–H groups in total. The normalized spacial score (nSPS) is 21.9. The van der Waals surface area contributed by atoms with Crippen LogP contribution in [-0.2, 0) is 4.74 Å². The third kappa shape index (κ3) is 4.59. The van der Waals surface area contributed by atoms with Crippen LogP contribution in [0.1, 0.15) is 48.7 Å². The summed E-state index contributed by atoms with van der Waals surface area (Å²) >= 11 is 0. The van der Waals surface area contributed by atoms with Crippen molar-refractivity contribution in [1.29, 1.82) is 0 Å². The number of piperidine rings is 1. The molecule has 2 aromatic heterocycles. The molecular formula is C20H28N6O. The smallest absolute Gasteiger partial charge is 0.228 e. The molecule has 2 saturated heterocycles. The summed E-state index contributed by atoms with van der Waals surface area (Å²) in [6.45, 7) is 7.96. The highest BCUT2D eigenvalue weighted by molar-refractivity contribution is 5.46. The van der Waals surface area contributed by atoms with Crippen LogP contribution in [0.3, 0.4) is 0 Å². The Morgan fingerprint density at radius 3 is 2.59 bits per heavy atom. The second-order valence-electron chi connectivity index (χ2n) is 7.61. The van der Waals surface area contributed by atoms with Crippen LogP contribution in [0.25, 0.3) is 0 Å². The number of nitrogens with zero attached hydrogens (tertiary/aromatic N) is 5. The molecule has 4 rings (SSSR count). The van der Waals surface area contributed by atoms with E-state index >= 15 is 0 Å². The highest BCUT2D eigenvalue weighted by Crippen LogP contribution is 2.29. The van der Waals surface area contributed by atoms with Gasteiger partial charge >= 0.3 is 0 Å². The Kier molecular flexibility index (Phi) is 5.59. The van der Waals surface area contributed by atoms with Gasteiger partial charge in [-0.2, -0.15) is 0 Å². The van der Waals surface area contributed by atoms with Crippen molar-refractivity contribution in [3.05, 3.63) is 35.5 Å². The molecule has 2 aliphatic heterocycles. The Bertz CT molecular complexity index is 757. The minimum atomic E-state index is 0.427. The summed E-state index contributed by atoms with van der Waals surface area (Å²) in [6.07, 6.45) is 8.31. The lowest BCUT2D eigenvalue weighted by Gasteiger charge is -2.39. The van der Waals surface area contributed by atoms with Crippen LogP contribution in [-0.4, -0.2) is 57.2 Å². The van der Waals surface area contributed by atoms with E-state index in [9.17, 15) is 0 Å². The summed E-state index contributed by atoms with van der Waals surface area (Å²) in [5.74, 6) is 1.71. The third-order valence-corrected chi connectivity index (χ3v) is 5.45. The zero-order valence-electron chi connectivity index (χ0n) is 16.2. The van der Waals surface area contributed by atoms with Crippen LogP contribution in [0.5, 0.6) is 0 Å². The van der Waals surface area contributed by atoms with Gasteiger partial charge in [0, 0.05) is 49.3 Å². The Labute approximate surface area is 160 Å². The average Bonchev–Trinajstić information content (AvgIpc) is 2.68. The molecule has 2 fully saturated rings. The minimum Gasteiger partial charge on any atom is -0.381 e. The average molecular weight is 368 g/mol. The fraction of sp³-hybridized carbons (Fsp3) is 0.600. The predicted molar refractivity (Wildman–Crippen MR) is 104 cm³/mol. The van der Waals surface area contributed by atoms with Gasteiger partial charge in [0.2, 0.25) is 5.95 Å². The van der Waals surface area contributed by atoms with Crippen LogP contribution in [0.15, 0.2) is 18.5 Å². The largest absolute Gasteiger partial charge is 0.381 e. The summed E-state index contributed by atoms with van der Waals surface area (Å²) < 4.78 is 5.52. The summed E-state index contributed by atoms with van der Waals surface area (Å²) in [6, 6.07) is 2.61. The van der Waals surface area contributed by atoms with E-state index < -0.39 is 0 Å². The lowest BCUT2D eigenvalue weighted by atomic mass is 9.92. The quantitative estimate of drug-likeness (QED) is 0.889. The molecule has 0 bridgehead atoms. The molecule has 7 nitrogen and oxygen atoms in total. The van der Waals surface area contributed by atoms with Gasteiger partial charge in [0.1, 0.15) is 0 Å². The van der Waals surface area contributed by atoms with E-state index in [1.165, 1.54) is 13.0 Å². The fourth-order valence-electron chi connectivity index (χ4n) is 4.16. The third-order valence-electron chi connectivity index (χ3n) is 5.45. The summed E-state index contributed by atoms with van der Waals surface area (Å²) in [4.78, 5) is 20.7. The Morgan fingerprint density at radius 2 is 1.81 bits per heavy atom.